The number of thiazole rings is 1. The Kier molecular flexibility index (Phi) is 5.67. The Labute approximate surface area is 200 Å². The number of para-hydroxylation sites is 1. The monoisotopic (exact) mass is 470 g/mol. The maximum atomic E-state index is 13.6. The molecule has 3 heterocycles. The fourth-order valence-corrected chi connectivity index (χ4v) is 5.10. The number of pyridine rings is 1. The van der Waals surface area contributed by atoms with E-state index in [1.54, 1.807) is 42.7 Å². The van der Waals surface area contributed by atoms with Crippen LogP contribution >= 0.6 is 11.3 Å². The lowest BCUT2D eigenvalue weighted by Gasteiger charge is -2.22. The van der Waals surface area contributed by atoms with Gasteiger partial charge in [0.15, 0.2) is 5.13 Å². The molecular weight excluding hydrogens is 448 g/mol. The SMILES string of the molecule is CC(C)c1cccc2sc(N(Cc3cccnc3)C(=O)CN3C(=O)c4ccccc4C3=O)nc12. The van der Waals surface area contributed by atoms with Gasteiger partial charge in [-0.15, -0.1) is 0 Å². The van der Waals surface area contributed by atoms with Crippen LogP contribution in [0.5, 0.6) is 0 Å². The van der Waals surface area contributed by atoms with Crippen LogP contribution in [0.3, 0.4) is 0 Å². The molecule has 0 spiro atoms. The average molecular weight is 471 g/mol. The minimum atomic E-state index is -0.457. The first-order valence-corrected chi connectivity index (χ1v) is 11.8. The largest absolute Gasteiger partial charge is 0.282 e. The molecule has 0 atom stereocenters. The van der Waals surface area contributed by atoms with Crippen LogP contribution < -0.4 is 4.90 Å². The number of hydrogen-bond donors (Lipinski definition) is 0. The second-order valence-corrected chi connectivity index (χ2v) is 9.44. The Hall–Kier alpha value is -3.91. The van der Waals surface area contributed by atoms with Gasteiger partial charge in [-0.05, 0) is 41.3 Å². The van der Waals surface area contributed by atoms with E-state index in [0.717, 1.165) is 26.2 Å². The molecule has 34 heavy (non-hydrogen) atoms. The summed E-state index contributed by atoms with van der Waals surface area (Å²) in [5.41, 5.74) is 3.43. The molecule has 4 aromatic rings. The molecule has 2 aromatic heterocycles. The summed E-state index contributed by atoms with van der Waals surface area (Å²) in [5, 5.41) is 0.522. The number of carbonyl (C=O) groups excluding carboxylic acids is 3. The number of imide groups is 1. The predicted molar refractivity (Wildman–Crippen MR) is 131 cm³/mol. The van der Waals surface area contributed by atoms with Crippen molar-refractivity contribution in [2.24, 2.45) is 0 Å². The first-order chi connectivity index (χ1) is 16.4. The molecule has 3 amide bonds. The summed E-state index contributed by atoms with van der Waals surface area (Å²) in [6.07, 6.45) is 3.36. The van der Waals surface area contributed by atoms with Crippen LogP contribution in [0.25, 0.3) is 10.2 Å². The normalized spacial score (nSPS) is 13.1. The van der Waals surface area contributed by atoms with Crippen molar-refractivity contribution in [3.8, 4) is 0 Å². The van der Waals surface area contributed by atoms with Gasteiger partial charge < -0.3 is 0 Å². The molecule has 0 bridgehead atoms. The topological polar surface area (TPSA) is 83.5 Å². The number of benzene rings is 2. The van der Waals surface area contributed by atoms with E-state index in [9.17, 15) is 14.4 Å². The Morgan fingerprint density at radius 2 is 1.74 bits per heavy atom. The molecule has 0 saturated carbocycles. The summed E-state index contributed by atoms with van der Waals surface area (Å²) in [6, 6.07) is 16.3. The molecule has 0 radical (unpaired) electrons. The first-order valence-electron chi connectivity index (χ1n) is 11.0. The predicted octanol–water partition coefficient (Wildman–Crippen LogP) is 4.64. The van der Waals surface area contributed by atoms with E-state index in [0.29, 0.717) is 16.3 Å². The molecule has 0 N–H and O–H groups in total. The van der Waals surface area contributed by atoms with E-state index in [1.807, 2.05) is 24.3 Å². The van der Waals surface area contributed by atoms with Gasteiger partial charge in [-0.1, -0.05) is 55.5 Å². The molecule has 0 aliphatic carbocycles. The van der Waals surface area contributed by atoms with Crippen molar-refractivity contribution in [1.29, 1.82) is 0 Å². The number of rotatable bonds is 6. The van der Waals surface area contributed by atoms with Gasteiger partial charge in [0.2, 0.25) is 5.91 Å². The Morgan fingerprint density at radius 1 is 1.00 bits per heavy atom. The van der Waals surface area contributed by atoms with Crippen LogP contribution in [0, 0.1) is 0 Å². The van der Waals surface area contributed by atoms with Crippen molar-refractivity contribution >= 4 is 44.4 Å². The fourth-order valence-electron chi connectivity index (χ4n) is 4.08. The number of amides is 3. The van der Waals surface area contributed by atoms with Gasteiger partial charge in [-0.2, -0.15) is 0 Å². The molecule has 2 aromatic carbocycles. The number of hydrogen-bond acceptors (Lipinski definition) is 6. The summed E-state index contributed by atoms with van der Waals surface area (Å²) >= 11 is 1.42. The summed E-state index contributed by atoms with van der Waals surface area (Å²) < 4.78 is 0.978. The van der Waals surface area contributed by atoms with Crippen LogP contribution in [0.1, 0.15) is 51.6 Å². The van der Waals surface area contributed by atoms with Crippen molar-refractivity contribution in [3.63, 3.8) is 0 Å². The Bertz CT molecular complexity index is 1380. The minimum Gasteiger partial charge on any atom is -0.282 e. The molecule has 5 rings (SSSR count). The fraction of sp³-hybridized carbons (Fsp3) is 0.192. The van der Waals surface area contributed by atoms with E-state index in [4.69, 9.17) is 4.98 Å². The van der Waals surface area contributed by atoms with E-state index in [1.165, 1.54) is 16.2 Å². The lowest BCUT2D eigenvalue weighted by molar-refractivity contribution is -0.119. The number of fused-ring (bicyclic) bond motifs is 2. The third-order valence-corrected chi connectivity index (χ3v) is 6.87. The number of aromatic nitrogens is 2. The van der Waals surface area contributed by atoms with Gasteiger partial charge in [-0.25, -0.2) is 4.98 Å². The summed E-state index contributed by atoms with van der Waals surface area (Å²) in [4.78, 5) is 50.7. The zero-order valence-electron chi connectivity index (χ0n) is 18.8. The van der Waals surface area contributed by atoms with Gasteiger partial charge in [0, 0.05) is 12.4 Å². The zero-order chi connectivity index (χ0) is 23.8. The first kappa shape index (κ1) is 21.9. The van der Waals surface area contributed by atoms with Crippen LogP contribution in [0.15, 0.2) is 67.0 Å². The number of carbonyl (C=O) groups is 3. The molecule has 7 nitrogen and oxygen atoms in total. The summed E-state index contributed by atoms with van der Waals surface area (Å²) in [7, 11) is 0. The van der Waals surface area contributed by atoms with Crippen LogP contribution in [-0.2, 0) is 11.3 Å². The lowest BCUT2D eigenvalue weighted by Crippen LogP contribution is -2.42. The van der Waals surface area contributed by atoms with E-state index < -0.39 is 11.8 Å². The van der Waals surface area contributed by atoms with Crippen molar-refractivity contribution in [2.45, 2.75) is 26.3 Å². The molecule has 0 saturated heterocycles. The minimum absolute atomic E-state index is 0.229. The molecule has 0 fully saturated rings. The van der Waals surface area contributed by atoms with Crippen LogP contribution in [-0.4, -0.2) is 39.1 Å². The molecule has 1 aliphatic heterocycles. The van der Waals surface area contributed by atoms with Crippen LogP contribution in [0.2, 0.25) is 0 Å². The lowest BCUT2D eigenvalue weighted by atomic mass is 10.0. The standard InChI is InChI=1S/C26H22N4O3S/c1-16(2)18-10-5-11-21-23(18)28-26(34-21)29(14-17-7-6-12-27-13-17)22(31)15-30-24(32)19-8-3-4-9-20(19)25(30)33/h3-13,16H,14-15H2,1-2H3. The second-order valence-electron chi connectivity index (χ2n) is 8.43. The maximum Gasteiger partial charge on any atom is 0.262 e. The zero-order valence-corrected chi connectivity index (χ0v) is 19.6. The highest BCUT2D eigenvalue weighted by Crippen LogP contribution is 2.34. The molecule has 170 valence electrons. The van der Waals surface area contributed by atoms with E-state index in [2.05, 4.69) is 18.8 Å². The van der Waals surface area contributed by atoms with Crippen molar-refractivity contribution in [3.05, 3.63) is 89.2 Å². The molecule has 8 heteroatoms. The number of nitrogens with zero attached hydrogens (tertiary/aromatic N) is 4. The average Bonchev–Trinajstić information content (AvgIpc) is 3.38. The maximum absolute atomic E-state index is 13.6. The van der Waals surface area contributed by atoms with Gasteiger partial charge in [0.05, 0.1) is 27.9 Å². The highest BCUT2D eigenvalue weighted by Gasteiger charge is 2.37. The Morgan fingerprint density at radius 3 is 2.38 bits per heavy atom. The van der Waals surface area contributed by atoms with Crippen LogP contribution in [0.4, 0.5) is 5.13 Å². The van der Waals surface area contributed by atoms with Gasteiger partial charge >= 0.3 is 0 Å². The quantitative estimate of drug-likeness (QED) is 0.383. The summed E-state index contributed by atoms with van der Waals surface area (Å²) in [6.45, 7) is 4.08. The van der Waals surface area contributed by atoms with Crippen molar-refractivity contribution in [2.75, 3.05) is 11.4 Å². The van der Waals surface area contributed by atoms with Gasteiger partial charge in [0.25, 0.3) is 11.8 Å². The van der Waals surface area contributed by atoms with Gasteiger partial charge in [-0.3, -0.25) is 29.2 Å². The third-order valence-electron chi connectivity index (χ3n) is 5.83. The molecule has 1 aliphatic rings. The molecule has 0 unspecified atom stereocenters. The number of anilines is 1. The summed E-state index contributed by atoms with van der Waals surface area (Å²) in [5.74, 6) is -1.02. The smallest absolute Gasteiger partial charge is 0.262 e. The van der Waals surface area contributed by atoms with Crippen molar-refractivity contribution in [1.82, 2.24) is 14.9 Å². The molecular formula is C26H22N4O3S. The van der Waals surface area contributed by atoms with E-state index >= 15 is 0 Å². The highest BCUT2D eigenvalue weighted by molar-refractivity contribution is 7.22. The Balaban J connectivity index is 1.50. The van der Waals surface area contributed by atoms with Gasteiger partial charge in [0.1, 0.15) is 6.54 Å². The highest BCUT2D eigenvalue weighted by atomic mass is 32.1. The third kappa shape index (κ3) is 3.86. The van der Waals surface area contributed by atoms with Crippen molar-refractivity contribution < 1.29 is 14.4 Å². The van der Waals surface area contributed by atoms with E-state index in [-0.39, 0.29) is 24.9 Å². The second kappa shape index (κ2) is 8.79.